The van der Waals surface area contributed by atoms with Crippen LogP contribution in [0.5, 0.6) is 0 Å². The summed E-state index contributed by atoms with van der Waals surface area (Å²) in [7, 11) is 0. The Morgan fingerprint density at radius 2 is 1.87 bits per heavy atom. The number of piperidine rings is 1. The zero-order valence-electron chi connectivity index (χ0n) is 17.8. The molecule has 1 atom stereocenters. The fourth-order valence-electron chi connectivity index (χ4n) is 3.99. The zero-order chi connectivity index (χ0) is 21.6. The molecule has 1 aromatic heterocycles. The Kier molecular flexibility index (Phi) is 6.92. The summed E-state index contributed by atoms with van der Waals surface area (Å²) >= 11 is 1.37. The van der Waals surface area contributed by atoms with Crippen LogP contribution in [0.4, 0.5) is 0 Å². The van der Waals surface area contributed by atoms with Crippen molar-refractivity contribution < 1.29 is 9.59 Å². The number of nitrogens with zero attached hydrogens (tertiary/aromatic N) is 3. The molecule has 0 radical (unpaired) electrons. The molecule has 0 unspecified atom stereocenters. The van der Waals surface area contributed by atoms with Gasteiger partial charge in [-0.05, 0) is 43.9 Å². The van der Waals surface area contributed by atoms with Crippen molar-refractivity contribution in [3.8, 4) is 0 Å². The Hall–Kier alpha value is -2.80. The first-order valence-corrected chi connectivity index (χ1v) is 11.8. The van der Waals surface area contributed by atoms with E-state index in [4.69, 9.17) is 4.98 Å². The van der Waals surface area contributed by atoms with Crippen LogP contribution in [0.25, 0.3) is 11.0 Å². The average Bonchev–Trinajstić information content (AvgIpc) is 3.14. The maximum atomic E-state index is 13.1. The molecular weight excluding hydrogens is 408 g/mol. The molecule has 1 N–H and O–H groups in total. The highest BCUT2D eigenvalue weighted by Crippen LogP contribution is 2.25. The van der Waals surface area contributed by atoms with E-state index in [0.29, 0.717) is 11.7 Å². The standard InChI is InChI=1S/C24H28N4O2S/c1-18-9-7-8-14-27(18)23(30)16-28-21-13-6-5-12-20(21)26-24(28)31-17-22(29)25-15-19-10-3-2-4-11-19/h2-6,10-13,18H,7-9,14-17H2,1H3,(H,25,29)/t18-/m0/s1. The molecule has 3 aromatic rings. The Morgan fingerprint density at radius 3 is 2.68 bits per heavy atom. The number of para-hydroxylation sites is 2. The fourth-order valence-corrected chi connectivity index (χ4v) is 4.83. The monoisotopic (exact) mass is 436 g/mol. The molecule has 1 aliphatic rings. The number of nitrogens with one attached hydrogen (secondary N) is 1. The normalized spacial score (nSPS) is 16.4. The van der Waals surface area contributed by atoms with E-state index in [1.807, 2.05) is 64.1 Å². The van der Waals surface area contributed by atoms with Crippen molar-refractivity contribution in [2.75, 3.05) is 12.3 Å². The van der Waals surface area contributed by atoms with Gasteiger partial charge in [-0.2, -0.15) is 0 Å². The minimum absolute atomic E-state index is 0.0524. The topological polar surface area (TPSA) is 67.2 Å². The average molecular weight is 437 g/mol. The molecule has 2 amide bonds. The summed E-state index contributed by atoms with van der Waals surface area (Å²) in [6.07, 6.45) is 3.29. The van der Waals surface area contributed by atoms with Crippen LogP contribution < -0.4 is 5.32 Å². The first-order chi connectivity index (χ1) is 15.1. The van der Waals surface area contributed by atoms with Crippen molar-refractivity contribution in [1.29, 1.82) is 0 Å². The smallest absolute Gasteiger partial charge is 0.242 e. The van der Waals surface area contributed by atoms with E-state index in [1.165, 1.54) is 18.2 Å². The maximum Gasteiger partial charge on any atom is 0.242 e. The number of hydrogen-bond donors (Lipinski definition) is 1. The van der Waals surface area contributed by atoms with Crippen molar-refractivity contribution in [1.82, 2.24) is 19.8 Å². The number of thioether (sulfide) groups is 1. The number of amides is 2. The highest BCUT2D eigenvalue weighted by atomic mass is 32.2. The first-order valence-electron chi connectivity index (χ1n) is 10.8. The molecule has 2 heterocycles. The molecule has 0 aliphatic carbocycles. The molecular formula is C24H28N4O2S. The maximum absolute atomic E-state index is 13.1. The summed E-state index contributed by atoms with van der Waals surface area (Å²) in [5.41, 5.74) is 2.83. The van der Waals surface area contributed by atoms with Gasteiger partial charge in [0.2, 0.25) is 11.8 Å². The molecule has 1 aliphatic heterocycles. The molecule has 0 bridgehead atoms. The van der Waals surface area contributed by atoms with Gasteiger partial charge in [0.1, 0.15) is 6.54 Å². The van der Waals surface area contributed by atoms with E-state index < -0.39 is 0 Å². The molecule has 1 fully saturated rings. The number of likely N-dealkylation sites (tertiary alicyclic amines) is 1. The Bertz CT molecular complexity index is 1050. The second-order valence-electron chi connectivity index (χ2n) is 7.95. The Labute approximate surface area is 187 Å². The summed E-state index contributed by atoms with van der Waals surface area (Å²) in [6, 6.07) is 17.9. The number of rotatable bonds is 7. The highest BCUT2D eigenvalue weighted by Gasteiger charge is 2.25. The molecule has 4 rings (SSSR count). The van der Waals surface area contributed by atoms with E-state index in [0.717, 1.165) is 36.0 Å². The number of fused-ring (bicyclic) bond motifs is 1. The summed E-state index contributed by atoms with van der Waals surface area (Å²) in [5.74, 6) is 0.318. The molecule has 0 saturated carbocycles. The van der Waals surface area contributed by atoms with Crippen LogP contribution in [0.3, 0.4) is 0 Å². The van der Waals surface area contributed by atoms with Gasteiger partial charge in [0.25, 0.3) is 0 Å². The first kappa shape index (κ1) is 21.4. The van der Waals surface area contributed by atoms with E-state index in [2.05, 4.69) is 12.2 Å². The predicted octanol–water partition coefficient (Wildman–Crippen LogP) is 3.85. The van der Waals surface area contributed by atoms with Crippen LogP contribution in [0.1, 0.15) is 31.7 Å². The van der Waals surface area contributed by atoms with Crippen molar-refractivity contribution in [3.05, 3.63) is 60.2 Å². The summed E-state index contributed by atoms with van der Waals surface area (Å²) in [4.78, 5) is 32.1. The second-order valence-corrected chi connectivity index (χ2v) is 8.89. The van der Waals surface area contributed by atoms with Crippen LogP contribution in [-0.2, 0) is 22.7 Å². The van der Waals surface area contributed by atoms with Gasteiger partial charge in [-0.1, -0.05) is 54.2 Å². The van der Waals surface area contributed by atoms with Gasteiger partial charge in [0, 0.05) is 19.1 Å². The minimum Gasteiger partial charge on any atom is -0.351 e. The molecule has 2 aromatic carbocycles. The third-order valence-electron chi connectivity index (χ3n) is 5.70. The zero-order valence-corrected chi connectivity index (χ0v) is 18.6. The Morgan fingerprint density at radius 1 is 1.10 bits per heavy atom. The van der Waals surface area contributed by atoms with E-state index in [1.54, 1.807) is 0 Å². The fraction of sp³-hybridized carbons (Fsp3) is 0.375. The summed E-state index contributed by atoms with van der Waals surface area (Å²) in [6.45, 7) is 3.69. The number of imidazole rings is 1. The lowest BCUT2D eigenvalue weighted by molar-refractivity contribution is -0.135. The third kappa shape index (κ3) is 5.28. The minimum atomic E-state index is -0.0524. The van der Waals surface area contributed by atoms with E-state index in [9.17, 15) is 9.59 Å². The molecule has 0 spiro atoms. The highest BCUT2D eigenvalue weighted by molar-refractivity contribution is 7.99. The number of benzene rings is 2. The van der Waals surface area contributed by atoms with Crippen molar-refractivity contribution in [2.45, 2.75) is 50.5 Å². The SMILES string of the molecule is C[C@H]1CCCCN1C(=O)Cn1c(SCC(=O)NCc2ccccc2)nc2ccccc21. The van der Waals surface area contributed by atoms with Crippen molar-refractivity contribution in [2.24, 2.45) is 0 Å². The van der Waals surface area contributed by atoms with Crippen LogP contribution in [0, 0.1) is 0 Å². The van der Waals surface area contributed by atoms with Gasteiger partial charge in [-0.15, -0.1) is 0 Å². The lowest BCUT2D eigenvalue weighted by Crippen LogP contribution is -2.43. The van der Waals surface area contributed by atoms with Crippen molar-refractivity contribution >= 4 is 34.6 Å². The van der Waals surface area contributed by atoms with Crippen LogP contribution in [0.15, 0.2) is 59.8 Å². The van der Waals surface area contributed by atoms with Crippen LogP contribution >= 0.6 is 11.8 Å². The molecule has 6 nitrogen and oxygen atoms in total. The van der Waals surface area contributed by atoms with Gasteiger partial charge in [0.15, 0.2) is 5.16 Å². The van der Waals surface area contributed by atoms with Gasteiger partial charge in [-0.3, -0.25) is 9.59 Å². The molecule has 1 saturated heterocycles. The van der Waals surface area contributed by atoms with Crippen LogP contribution in [-0.4, -0.2) is 44.6 Å². The lowest BCUT2D eigenvalue weighted by atomic mass is 10.0. The van der Waals surface area contributed by atoms with Gasteiger partial charge < -0.3 is 14.8 Å². The van der Waals surface area contributed by atoms with Crippen molar-refractivity contribution in [3.63, 3.8) is 0 Å². The quantitative estimate of drug-likeness (QED) is 0.572. The number of aromatic nitrogens is 2. The predicted molar refractivity (Wildman–Crippen MR) is 124 cm³/mol. The van der Waals surface area contributed by atoms with Gasteiger partial charge in [0.05, 0.1) is 16.8 Å². The van der Waals surface area contributed by atoms with E-state index >= 15 is 0 Å². The molecule has 162 valence electrons. The van der Waals surface area contributed by atoms with E-state index in [-0.39, 0.29) is 30.2 Å². The number of carbonyl (C=O) groups excluding carboxylic acids is 2. The summed E-state index contributed by atoms with van der Waals surface area (Å²) < 4.78 is 1.95. The molecule has 7 heteroatoms. The van der Waals surface area contributed by atoms with Gasteiger partial charge >= 0.3 is 0 Å². The van der Waals surface area contributed by atoms with Crippen LogP contribution in [0.2, 0.25) is 0 Å². The third-order valence-corrected chi connectivity index (χ3v) is 6.68. The second kappa shape index (κ2) is 10.0. The lowest BCUT2D eigenvalue weighted by Gasteiger charge is -2.33. The number of carbonyl (C=O) groups is 2. The summed E-state index contributed by atoms with van der Waals surface area (Å²) in [5, 5.41) is 3.65. The molecule has 31 heavy (non-hydrogen) atoms. The largest absolute Gasteiger partial charge is 0.351 e. The van der Waals surface area contributed by atoms with Gasteiger partial charge in [-0.25, -0.2) is 4.98 Å². The Balaban J connectivity index is 1.44. The number of hydrogen-bond acceptors (Lipinski definition) is 4.